The highest BCUT2D eigenvalue weighted by Crippen LogP contribution is 2.39. The summed E-state index contributed by atoms with van der Waals surface area (Å²) in [6.45, 7) is 2.03. The summed E-state index contributed by atoms with van der Waals surface area (Å²) >= 11 is 1.66. The van der Waals surface area contributed by atoms with Crippen LogP contribution in [-0.2, 0) is 9.53 Å². The molecule has 2 aliphatic heterocycles. The molecule has 66 valence electrons. The van der Waals surface area contributed by atoms with Gasteiger partial charge in [0.25, 0.3) is 5.91 Å². The van der Waals surface area contributed by atoms with Crippen molar-refractivity contribution >= 4 is 23.8 Å². The lowest BCUT2D eigenvalue weighted by molar-refractivity contribution is -0.129. The molecule has 2 rings (SSSR count). The fourth-order valence-electron chi connectivity index (χ4n) is 1.54. The normalized spacial score (nSPS) is 40.2. The first-order chi connectivity index (χ1) is 5.62. The summed E-state index contributed by atoms with van der Waals surface area (Å²) in [5.41, 5.74) is -0.846. The molecule has 0 bridgehead atoms. The zero-order valence-electron chi connectivity index (χ0n) is 6.62. The number of carbonyl (C=O) groups excluding carboxylic acids is 2. The highest BCUT2D eigenvalue weighted by Gasteiger charge is 2.53. The van der Waals surface area contributed by atoms with E-state index in [4.69, 9.17) is 4.74 Å². The second kappa shape index (κ2) is 2.39. The molecule has 0 radical (unpaired) electrons. The minimum atomic E-state index is -0.846. The average molecular weight is 187 g/mol. The van der Waals surface area contributed by atoms with E-state index in [1.165, 1.54) is 0 Å². The van der Waals surface area contributed by atoms with Gasteiger partial charge in [-0.15, -0.1) is 0 Å². The Bertz CT molecular complexity index is 255. The van der Waals surface area contributed by atoms with Crippen LogP contribution in [0.25, 0.3) is 0 Å². The summed E-state index contributed by atoms with van der Waals surface area (Å²) in [6, 6.07) is 0. The van der Waals surface area contributed by atoms with E-state index in [0.29, 0.717) is 17.4 Å². The van der Waals surface area contributed by atoms with E-state index in [1.54, 1.807) is 11.8 Å². The van der Waals surface area contributed by atoms with Crippen molar-refractivity contribution in [3.8, 4) is 0 Å². The first-order valence-electron chi connectivity index (χ1n) is 3.78. The molecule has 0 aromatic heterocycles. The van der Waals surface area contributed by atoms with Crippen LogP contribution < -0.4 is 5.32 Å². The maximum Gasteiger partial charge on any atom is 0.415 e. The molecule has 0 aromatic carbocycles. The topological polar surface area (TPSA) is 55.4 Å². The minimum absolute atomic E-state index is 0.274. The number of nitrogens with one attached hydrogen (secondary N) is 1. The molecule has 2 aliphatic rings. The molecule has 0 aliphatic carbocycles. The van der Waals surface area contributed by atoms with E-state index in [9.17, 15) is 9.59 Å². The summed E-state index contributed by atoms with van der Waals surface area (Å²) in [5.74, 6) is 0.315. The van der Waals surface area contributed by atoms with Gasteiger partial charge < -0.3 is 4.74 Å². The Morgan fingerprint density at radius 3 is 2.83 bits per heavy atom. The first-order valence-corrected chi connectivity index (χ1v) is 4.83. The van der Waals surface area contributed by atoms with Gasteiger partial charge in [0.15, 0.2) is 0 Å². The van der Waals surface area contributed by atoms with E-state index in [2.05, 4.69) is 5.32 Å². The molecule has 0 aromatic rings. The van der Waals surface area contributed by atoms with E-state index < -0.39 is 11.7 Å². The molecular formula is C7H9NO3S. The van der Waals surface area contributed by atoms with Gasteiger partial charge >= 0.3 is 6.09 Å². The molecule has 0 saturated carbocycles. The Hall–Kier alpha value is -0.710. The van der Waals surface area contributed by atoms with Crippen molar-refractivity contribution in [2.24, 2.45) is 0 Å². The molecule has 1 spiro atoms. The number of alkyl carbamates (subject to hydrolysis) is 1. The zero-order chi connectivity index (χ0) is 8.77. The number of hydrogen-bond acceptors (Lipinski definition) is 4. The van der Waals surface area contributed by atoms with E-state index in [1.807, 2.05) is 6.92 Å². The van der Waals surface area contributed by atoms with Crippen LogP contribution in [0, 0.1) is 0 Å². The minimum Gasteiger partial charge on any atom is -0.432 e. The van der Waals surface area contributed by atoms with Gasteiger partial charge in [0.05, 0.1) is 0 Å². The third kappa shape index (κ3) is 0.998. The van der Waals surface area contributed by atoms with Gasteiger partial charge in [-0.25, -0.2) is 4.79 Å². The van der Waals surface area contributed by atoms with Crippen molar-refractivity contribution in [1.29, 1.82) is 0 Å². The fraction of sp³-hybridized carbons (Fsp3) is 0.714. The Balaban J connectivity index is 2.22. The molecule has 5 heteroatoms. The third-order valence-corrected chi connectivity index (χ3v) is 3.50. The van der Waals surface area contributed by atoms with Crippen molar-refractivity contribution < 1.29 is 14.3 Å². The predicted octanol–water partition coefficient (Wildman–Crippen LogP) is 0.517. The summed E-state index contributed by atoms with van der Waals surface area (Å²) in [5, 5.41) is 2.55. The molecular weight excluding hydrogens is 178 g/mol. The maximum absolute atomic E-state index is 11.3. The van der Waals surface area contributed by atoms with Gasteiger partial charge in [-0.05, 0) is 0 Å². The van der Waals surface area contributed by atoms with Gasteiger partial charge in [-0.1, -0.05) is 6.92 Å². The second-order valence-corrected chi connectivity index (χ2v) is 4.59. The number of hydrogen-bond donors (Lipinski definition) is 1. The van der Waals surface area contributed by atoms with Crippen LogP contribution in [-0.4, -0.2) is 28.6 Å². The standard InChI is InChI=1S/C7H9NO3S/c1-4-2-7(3-12-4)5(9)8-6(10)11-7/h4H,2-3H2,1H3,(H,8,9,10). The number of rotatable bonds is 0. The molecule has 2 saturated heterocycles. The molecule has 2 fully saturated rings. The lowest BCUT2D eigenvalue weighted by Crippen LogP contribution is -2.39. The number of ether oxygens (including phenoxy) is 1. The van der Waals surface area contributed by atoms with Crippen LogP contribution >= 0.6 is 11.8 Å². The highest BCUT2D eigenvalue weighted by molar-refractivity contribution is 8.00. The smallest absolute Gasteiger partial charge is 0.415 e. The molecule has 2 atom stereocenters. The van der Waals surface area contributed by atoms with Crippen molar-refractivity contribution in [1.82, 2.24) is 5.32 Å². The van der Waals surface area contributed by atoms with Crippen LogP contribution in [0.5, 0.6) is 0 Å². The lowest BCUT2D eigenvalue weighted by Gasteiger charge is -2.15. The van der Waals surface area contributed by atoms with Gasteiger partial charge in [0, 0.05) is 17.4 Å². The Morgan fingerprint density at radius 2 is 2.42 bits per heavy atom. The van der Waals surface area contributed by atoms with E-state index in [-0.39, 0.29) is 5.91 Å². The van der Waals surface area contributed by atoms with E-state index >= 15 is 0 Å². The number of imide groups is 1. The Kier molecular flexibility index (Phi) is 1.57. The quantitative estimate of drug-likeness (QED) is 0.600. The summed E-state index contributed by atoms with van der Waals surface area (Å²) < 4.78 is 4.97. The van der Waals surface area contributed by atoms with Gasteiger partial charge in [0.1, 0.15) is 0 Å². The van der Waals surface area contributed by atoms with Crippen LogP contribution in [0.1, 0.15) is 13.3 Å². The highest BCUT2D eigenvalue weighted by atomic mass is 32.2. The summed E-state index contributed by atoms with van der Waals surface area (Å²) in [4.78, 5) is 22.0. The SMILES string of the molecule is CC1CC2(CS1)OC(=O)NC2=O. The van der Waals surface area contributed by atoms with Crippen LogP contribution in [0.3, 0.4) is 0 Å². The molecule has 2 unspecified atom stereocenters. The molecule has 2 amide bonds. The van der Waals surface area contributed by atoms with Gasteiger partial charge in [-0.3, -0.25) is 10.1 Å². The number of carbonyl (C=O) groups is 2. The second-order valence-electron chi connectivity index (χ2n) is 3.16. The third-order valence-electron chi connectivity index (χ3n) is 2.14. The fourth-order valence-corrected chi connectivity index (χ4v) is 2.79. The van der Waals surface area contributed by atoms with Crippen molar-refractivity contribution in [2.45, 2.75) is 24.2 Å². The molecule has 2 heterocycles. The maximum atomic E-state index is 11.3. The number of amides is 2. The summed E-state index contributed by atoms with van der Waals surface area (Å²) in [7, 11) is 0. The summed E-state index contributed by atoms with van der Waals surface area (Å²) in [6.07, 6.45) is 0.0320. The molecule has 4 nitrogen and oxygen atoms in total. The van der Waals surface area contributed by atoms with Crippen LogP contribution in [0.15, 0.2) is 0 Å². The molecule has 1 N–H and O–H groups in total. The lowest BCUT2D eigenvalue weighted by atomic mass is 10.0. The van der Waals surface area contributed by atoms with E-state index in [0.717, 1.165) is 0 Å². The first kappa shape index (κ1) is 7.91. The van der Waals surface area contributed by atoms with Crippen LogP contribution in [0.4, 0.5) is 4.79 Å². The largest absolute Gasteiger partial charge is 0.432 e. The van der Waals surface area contributed by atoms with Crippen LogP contribution in [0.2, 0.25) is 0 Å². The molecule has 12 heavy (non-hydrogen) atoms. The predicted molar refractivity (Wildman–Crippen MR) is 43.9 cm³/mol. The monoisotopic (exact) mass is 187 g/mol. The zero-order valence-corrected chi connectivity index (χ0v) is 7.44. The van der Waals surface area contributed by atoms with Gasteiger partial charge in [-0.2, -0.15) is 11.8 Å². The van der Waals surface area contributed by atoms with Crippen molar-refractivity contribution in [3.05, 3.63) is 0 Å². The average Bonchev–Trinajstić information content (AvgIpc) is 2.43. The van der Waals surface area contributed by atoms with Crippen molar-refractivity contribution in [3.63, 3.8) is 0 Å². The van der Waals surface area contributed by atoms with Crippen molar-refractivity contribution in [2.75, 3.05) is 5.75 Å². The Labute approximate surface area is 74.0 Å². The Morgan fingerprint density at radius 1 is 1.67 bits per heavy atom. The number of thioether (sulfide) groups is 1. The van der Waals surface area contributed by atoms with Gasteiger partial charge in [0.2, 0.25) is 5.60 Å².